The number of amides is 1. The summed E-state index contributed by atoms with van der Waals surface area (Å²) in [6.45, 7) is 6.03. The van der Waals surface area contributed by atoms with E-state index in [0.29, 0.717) is 72.8 Å². The molecule has 3 aromatic carbocycles. The molecule has 0 saturated carbocycles. The number of aromatic nitrogens is 1. The largest absolute Gasteiger partial charge is 0.497 e. The Labute approximate surface area is 244 Å². The number of rotatable bonds is 10. The van der Waals surface area contributed by atoms with E-state index in [9.17, 15) is 13.2 Å². The van der Waals surface area contributed by atoms with Gasteiger partial charge in [0, 0.05) is 30.0 Å². The van der Waals surface area contributed by atoms with Crippen LogP contribution < -0.4 is 24.4 Å². The molecule has 0 atom stereocenters. The first-order valence-electron chi connectivity index (χ1n) is 13.3. The summed E-state index contributed by atoms with van der Waals surface area (Å²) in [5, 5.41) is 6.74. The molecule has 0 bridgehead atoms. The van der Waals surface area contributed by atoms with Crippen LogP contribution in [0.5, 0.6) is 11.5 Å². The SMILES string of the molecule is COc1ccc(NS(=O)(=O)c2cc(NC(=O)c3ccc(OCc4c(C)noc4C)cc3)ccc2N2CCOCC2)cc1. The van der Waals surface area contributed by atoms with Gasteiger partial charge in [0.05, 0.1) is 37.3 Å². The highest BCUT2D eigenvalue weighted by Crippen LogP contribution is 2.31. The summed E-state index contributed by atoms with van der Waals surface area (Å²) in [7, 11) is -2.49. The monoisotopic (exact) mass is 592 g/mol. The third-order valence-corrected chi connectivity index (χ3v) is 8.29. The van der Waals surface area contributed by atoms with Crippen LogP contribution in [0.4, 0.5) is 17.1 Å². The molecule has 1 aromatic heterocycles. The number of nitrogens with one attached hydrogen (secondary N) is 2. The second kappa shape index (κ2) is 12.5. The molecule has 12 heteroatoms. The molecule has 11 nitrogen and oxygen atoms in total. The molecule has 4 aromatic rings. The van der Waals surface area contributed by atoms with E-state index < -0.39 is 15.9 Å². The summed E-state index contributed by atoms with van der Waals surface area (Å²) in [5.74, 6) is 1.50. The van der Waals surface area contributed by atoms with Gasteiger partial charge < -0.3 is 29.0 Å². The highest BCUT2D eigenvalue weighted by molar-refractivity contribution is 7.92. The van der Waals surface area contributed by atoms with Crippen LogP contribution >= 0.6 is 0 Å². The minimum Gasteiger partial charge on any atom is -0.497 e. The molecule has 0 spiro atoms. The van der Waals surface area contributed by atoms with E-state index in [4.69, 9.17) is 18.7 Å². The van der Waals surface area contributed by atoms with E-state index in [1.165, 1.54) is 13.2 Å². The third-order valence-electron chi connectivity index (χ3n) is 6.88. The lowest BCUT2D eigenvalue weighted by Gasteiger charge is -2.30. The van der Waals surface area contributed by atoms with Crippen molar-refractivity contribution in [3.05, 3.63) is 89.3 Å². The molecule has 5 rings (SSSR count). The first-order valence-corrected chi connectivity index (χ1v) is 14.8. The lowest BCUT2D eigenvalue weighted by molar-refractivity contribution is 0.102. The molecule has 0 radical (unpaired) electrons. The molecule has 1 amide bonds. The molecule has 1 fully saturated rings. The number of hydrogen-bond acceptors (Lipinski definition) is 9. The zero-order chi connectivity index (χ0) is 29.7. The second-order valence-electron chi connectivity index (χ2n) is 9.69. The van der Waals surface area contributed by atoms with E-state index >= 15 is 0 Å². The van der Waals surface area contributed by atoms with Crippen molar-refractivity contribution in [3.63, 3.8) is 0 Å². The van der Waals surface area contributed by atoms with E-state index in [-0.39, 0.29) is 4.90 Å². The molecular formula is C30H32N4O7S. The van der Waals surface area contributed by atoms with E-state index in [1.807, 2.05) is 18.7 Å². The Morgan fingerprint density at radius 2 is 1.62 bits per heavy atom. The van der Waals surface area contributed by atoms with Gasteiger partial charge in [-0.3, -0.25) is 9.52 Å². The summed E-state index contributed by atoms with van der Waals surface area (Å²) >= 11 is 0. The Kier molecular flexibility index (Phi) is 8.64. The number of morpholine rings is 1. The number of nitrogens with zero attached hydrogens (tertiary/aromatic N) is 2. The number of benzene rings is 3. The standard InChI is InChI=1S/C30H32N4O7S/c1-20-27(21(2)41-32-20)19-40-26-9-4-22(5-10-26)30(35)31-24-8-13-28(34-14-16-39-17-15-34)29(18-24)42(36,37)33-23-6-11-25(38-3)12-7-23/h4-13,18,33H,14-17,19H2,1-3H3,(H,31,35). The number of methoxy groups -OCH3 is 1. The minimum absolute atomic E-state index is 0.0427. The average molecular weight is 593 g/mol. The van der Waals surface area contributed by atoms with Crippen LogP contribution in [0.1, 0.15) is 27.4 Å². The smallest absolute Gasteiger partial charge is 0.264 e. The molecule has 1 aliphatic heterocycles. The molecule has 2 heterocycles. The normalized spacial score (nSPS) is 13.5. The van der Waals surface area contributed by atoms with Gasteiger partial charge in [0.15, 0.2) is 0 Å². The van der Waals surface area contributed by atoms with Gasteiger partial charge in [0.25, 0.3) is 15.9 Å². The predicted molar refractivity (Wildman–Crippen MR) is 158 cm³/mol. The fourth-order valence-electron chi connectivity index (χ4n) is 4.51. The minimum atomic E-state index is -4.02. The zero-order valence-electron chi connectivity index (χ0n) is 23.5. The quantitative estimate of drug-likeness (QED) is 0.267. The molecule has 2 N–H and O–H groups in total. The Hall–Kier alpha value is -4.55. The molecule has 42 heavy (non-hydrogen) atoms. The molecule has 0 unspecified atom stereocenters. The maximum Gasteiger partial charge on any atom is 0.264 e. The van der Waals surface area contributed by atoms with Gasteiger partial charge >= 0.3 is 0 Å². The number of anilines is 3. The number of aryl methyl sites for hydroxylation is 2. The van der Waals surface area contributed by atoms with Crippen LogP contribution in [0.25, 0.3) is 0 Å². The summed E-state index contributed by atoms with van der Waals surface area (Å²) < 4.78 is 51.5. The first-order chi connectivity index (χ1) is 20.2. The van der Waals surface area contributed by atoms with Crippen molar-refractivity contribution in [2.75, 3.05) is 48.4 Å². The molecule has 0 aliphatic carbocycles. The van der Waals surface area contributed by atoms with Crippen molar-refractivity contribution in [3.8, 4) is 11.5 Å². The Morgan fingerprint density at radius 3 is 2.26 bits per heavy atom. The number of carbonyl (C=O) groups excluding carboxylic acids is 1. The van der Waals surface area contributed by atoms with Gasteiger partial charge in [0.2, 0.25) is 0 Å². The first kappa shape index (κ1) is 29.0. The maximum absolute atomic E-state index is 13.6. The van der Waals surface area contributed by atoms with Gasteiger partial charge in [-0.1, -0.05) is 5.16 Å². The highest BCUT2D eigenvalue weighted by Gasteiger charge is 2.25. The van der Waals surface area contributed by atoms with Crippen LogP contribution in [0.15, 0.2) is 76.1 Å². The molecule has 1 saturated heterocycles. The van der Waals surface area contributed by atoms with Crippen molar-refractivity contribution < 1.29 is 31.9 Å². The number of hydrogen-bond donors (Lipinski definition) is 2. The number of carbonyl (C=O) groups is 1. The summed E-state index contributed by atoms with van der Waals surface area (Å²) in [5.41, 5.74) is 3.28. The second-order valence-corrected chi connectivity index (χ2v) is 11.3. The van der Waals surface area contributed by atoms with E-state index in [1.54, 1.807) is 60.7 Å². The summed E-state index contributed by atoms with van der Waals surface area (Å²) in [6, 6.07) is 18.1. The van der Waals surface area contributed by atoms with Crippen molar-refractivity contribution in [1.82, 2.24) is 5.16 Å². The highest BCUT2D eigenvalue weighted by atomic mass is 32.2. The maximum atomic E-state index is 13.6. The summed E-state index contributed by atoms with van der Waals surface area (Å²) in [6.07, 6.45) is 0. The third kappa shape index (κ3) is 6.67. The van der Waals surface area contributed by atoms with Crippen LogP contribution in [0, 0.1) is 13.8 Å². The van der Waals surface area contributed by atoms with E-state index in [0.717, 1.165) is 11.3 Å². The van der Waals surface area contributed by atoms with Crippen LogP contribution in [-0.2, 0) is 21.4 Å². The zero-order valence-corrected chi connectivity index (χ0v) is 24.4. The summed E-state index contributed by atoms with van der Waals surface area (Å²) in [4.78, 5) is 15.1. The van der Waals surface area contributed by atoms with Gasteiger partial charge in [-0.15, -0.1) is 0 Å². The van der Waals surface area contributed by atoms with Gasteiger partial charge in [-0.25, -0.2) is 8.42 Å². The fraction of sp³-hybridized carbons (Fsp3) is 0.267. The van der Waals surface area contributed by atoms with E-state index in [2.05, 4.69) is 15.2 Å². The fourth-order valence-corrected chi connectivity index (χ4v) is 5.82. The van der Waals surface area contributed by atoms with Crippen LogP contribution in [0.3, 0.4) is 0 Å². The molecule has 1 aliphatic rings. The lowest BCUT2D eigenvalue weighted by atomic mass is 10.2. The molecule has 220 valence electrons. The van der Waals surface area contributed by atoms with Gasteiger partial charge in [-0.2, -0.15) is 0 Å². The van der Waals surface area contributed by atoms with Gasteiger partial charge in [-0.05, 0) is 80.6 Å². The van der Waals surface area contributed by atoms with Crippen LogP contribution in [0.2, 0.25) is 0 Å². The van der Waals surface area contributed by atoms with Crippen molar-refractivity contribution in [2.45, 2.75) is 25.3 Å². The van der Waals surface area contributed by atoms with Crippen molar-refractivity contribution in [2.24, 2.45) is 0 Å². The van der Waals surface area contributed by atoms with Crippen LogP contribution in [-0.4, -0.2) is 52.9 Å². The van der Waals surface area contributed by atoms with Crippen molar-refractivity contribution >= 4 is 33.0 Å². The predicted octanol–water partition coefficient (Wildman–Crippen LogP) is 4.77. The topological polar surface area (TPSA) is 132 Å². The van der Waals surface area contributed by atoms with Gasteiger partial charge in [0.1, 0.15) is 28.8 Å². The number of sulfonamides is 1. The Balaban J connectivity index is 1.34. The van der Waals surface area contributed by atoms with Crippen molar-refractivity contribution in [1.29, 1.82) is 0 Å². The lowest BCUT2D eigenvalue weighted by Crippen LogP contribution is -2.37. The average Bonchev–Trinajstić information content (AvgIpc) is 3.33. The Bertz CT molecular complexity index is 1630. The molecular weight excluding hydrogens is 560 g/mol. The Morgan fingerprint density at radius 1 is 0.952 bits per heavy atom. The number of ether oxygens (including phenoxy) is 3.